The number of carbonyl (C=O) groups is 2. The number of rotatable bonds is 2. The predicted molar refractivity (Wildman–Crippen MR) is 44.2 cm³/mol. The van der Waals surface area contributed by atoms with Crippen LogP contribution in [0.2, 0.25) is 5.02 Å². The van der Waals surface area contributed by atoms with Crippen LogP contribution in [-0.4, -0.2) is 22.2 Å². The molecule has 0 aliphatic heterocycles. The molecule has 1 aromatic carbocycles. The van der Waals surface area contributed by atoms with E-state index in [1.54, 1.807) is 0 Å². The smallest absolute Gasteiger partial charge is 0.340 e. The lowest BCUT2D eigenvalue weighted by atomic mass is 10.1. The summed E-state index contributed by atoms with van der Waals surface area (Å²) in [6.07, 6.45) is 0. The summed E-state index contributed by atoms with van der Waals surface area (Å²) in [7, 11) is 0. The van der Waals surface area contributed by atoms with Gasteiger partial charge in [-0.15, -0.1) is 0 Å². The molecule has 1 rings (SSSR count). The summed E-state index contributed by atoms with van der Waals surface area (Å²) in [5.74, 6) is -4.61. The Kier molecular flexibility index (Phi) is 2.71. The average Bonchev–Trinajstić information content (AvgIpc) is 2.02. The van der Waals surface area contributed by atoms with Gasteiger partial charge in [-0.3, -0.25) is 0 Å². The van der Waals surface area contributed by atoms with Gasteiger partial charge in [-0.25, -0.2) is 14.0 Å². The summed E-state index contributed by atoms with van der Waals surface area (Å²) in [5, 5.41) is 16.6. The highest BCUT2D eigenvalue weighted by Gasteiger charge is 2.21. The van der Waals surface area contributed by atoms with Crippen LogP contribution in [0.15, 0.2) is 6.07 Å². The normalized spacial score (nSPS) is 9.86. The number of hydrogen-bond acceptors (Lipinski definition) is 2. The van der Waals surface area contributed by atoms with Gasteiger partial charge in [0.05, 0.1) is 5.02 Å². The Morgan fingerprint density at radius 2 is 1.93 bits per heavy atom. The van der Waals surface area contributed by atoms with E-state index in [1.807, 2.05) is 6.07 Å². The first kappa shape index (κ1) is 10.5. The molecule has 1 radical (unpaired) electrons. The molecule has 0 spiro atoms. The first-order valence-electron chi connectivity index (χ1n) is 3.31. The largest absolute Gasteiger partial charge is 0.478 e. The molecule has 0 aliphatic rings. The van der Waals surface area contributed by atoms with E-state index in [0.717, 1.165) is 6.07 Å². The first-order valence-corrected chi connectivity index (χ1v) is 3.69. The maximum atomic E-state index is 13.2. The molecule has 73 valence electrons. The van der Waals surface area contributed by atoms with Crippen molar-refractivity contribution in [1.29, 1.82) is 0 Å². The Labute approximate surface area is 82.5 Å². The molecule has 0 saturated heterocycles. The van der Waals surface area contributed by atoms with Crippen LogP contribution in [0.1, 0.15) is 20.7 Å². The fraction of sp³-hybridized carbons (Fsp3) is 0. The molecular formula is C8H3ClFO4. The number of carboxylic acids is 2. The highest BCUT2D eigenvalue weighted by molar-refractivity contribution is 6.33. The van der Waals surface area contributed by atoms with Crippen molar-refractivity contribution < 1.29 is 24.2 Å². The van der Waals surface area contributed by atoms with Gasteiger partial charge in [0.25, 0.3) is 0 Å². The van der Waals surface area contributed by atoms with Gasteiger partial charge in [0.15, 0.2) is 5.82 Å². The van der Waals surface area contributed by atoms with Crippen LogP contribution in [0.5, 0.6) is 0 Å². The summed E-state index contributed by atoms with van der Waals surface area (Å²) in [6, 6.07) is 2.93. The van der Waals surface area contributed by atoms with Crippen molar-refractivity contribution in [3.05, 3.63) is 34.1 Å². The molecule has 1 aromatic rings. The lowest BCUT2D eigenvalue weighted by molar-refractivity contribution is 0.0688. The van der Waals surface area contributed by atoms with Crippen LogP contribution in [0.4, 0.5) is 4.39 Å². The van der Waals surface area contributed by atoms with E-state index in [4.69, 9.17) is 21.8 Å². The van der Waals surface area contributed by atoms with Gasteiger partial charge in [0.2, 0.25) is 0 Å². The molecule has 0 aromatic heterocycles. The summed E-state index contributed by atoms with van der Waals surface area (Å²) in [6.45, 7) is 0. The second-order valence-corrected chi connectivity index (χ2v) is 2.72. The maximum Gasteiger partial charge on any atom is 0.340 e. The molecular weight excluding hydrogens is 215 g/mol. The minimum Gasteiger partial charge on any atom is -0.478 e. The van der Waals surface area contributed by atoms with Crippen LogP contribution in [0.3, 0.4) is 0 Å². The van der Waals surface area contributed by atoms with Crippen LogP contribution >= 0.6 is 11.6 Å². The molecule has 0 fully saturated rings. The predicted octanol–water partition coefficient (Wildman–Crippen LogP) is 1.68. The van der Waals surface area contributed by atoms with Gasteiger partial charge in [0.1, 0.15) is 11.1 Å². The van der Waals surface area contributed by atoms with E-state index >= 15 is 0 Å². The minimum absolute atomic E-state index is 0.389. The standard InChI is InChI=1S/C8H3ClFO4/c9-4-2-1-3(7(11)12)6(10)5(4)8(13)14/h2H,(H,11,12)(H,13,14). The molecule has 4 nitrogen and oxygen atoms in total. The maximum absolute atomic E-state index is 13.2. The average molecular weight is 218 g/mol. The van der Waals surface area contributed by atoms with E-state index < -0.39 is 28.9 Å². The Bertz CT molecular complexity index is 416. The van der Waals surface area contributed by atoms with E-state index in [-0.39, 0.29) is 5.02 Å². The molecule has 0 atom stereocenters. The van der Waals surface area contributed by atoms with Crippen molar-refractivity contribution in [2.24, 2.45) is 0 Å². The van der Waals surface area contributed by atoms with E-state index in [1.165, 1.54) is 0 Å². The van der Waals surface area contributed by atoms with E-state index in [2.05, 4.69) is 0 Å². The number of benzene rings is 1. The third-order valence-corrected chi connectivity index (χ3v) is 1.75. The minimum atomic E-state index is -1.62. The lowest BCUT2D eigenvalue weighted by Gasteiger charge is -2.02. The number of aromatic carboxylic acids is 2. The van der Waals surface area contributed by atoms with Gasteiger partial charge in [-0.2, -0.15) is 0 Å². The molecule has 0 amide bonds. The summed E-state index contributed by atoms with van der Waals surface area (Å²) in [4.78, 5) is 20.9. The Hall–Kier alpha value is -1.62. The molecule has 0 heterocycles. The molecule has 0 bridgehead atoms. The van der Waals surface area contributed by atoms with Gasteiger partial charge >= 0.3 is 11.9 Å². The molecule has 6 heteroatoms. The lowest BCUT2D eigenvalue weighted by Crippen LogP contribution is -2.08. The molecule has 0 aliphatic carbocycles. The molecule has 2 N–H and O–H groups in total. The zero-order chi connectivity index (χ0) is 10.9. The van der Waals surface area contributed by atoms with Gasteiger partial charge in [-0.1, -0.05) is 11.6 Å². The summed E-state index contributed by atoms with van der Waals surface area (Å²) < 4.78 is 13.2. The van der Waals surface area contributed by atoms with Crippen molar-refractivity contribution in [3.63, 3.8) is 0 Å². The Balaban J connectivity index is 3.49. The van der Waals surface area contributed by atoms with E-state index in [9.17, 15) is 14.0 Å². The van der Waals surface area contributed by atoms with Crippen molar-refractivity contribution in [3.8, 4) is 0 Å². The second kappa shape index (κ2) is 3.63. The van der Waals surface area contributed by atoms with Gasteiger partial charge in [0, 0.05) is 6.07 Å². The zero-order valence-corrected chi connectivity index (χ0v) is 7.30. The SMILES string of the molecule is O=C(O)c1[c]cc(Cl)c(C(=O)O)c1F. The monoisotopic (exact) mass is 217 g/mol. The Morgan fingerprint density at radius 3 is 2.36 bits per heavy atom. The molecule has 0 saturated carbocycles. The fourth-order valence-corrected chi connectivity index (χ4v) is 1.07. The van der Waals surface area contributed by atoms with Gasteiger partial charge < -0.3 is 10.2 Å². The van der Waals surface area contributed by atoms with Crippen molar-refractivity contribution >= 4 is 23.5 Å². The van der Waals surface area contributed by atoms with Crippen LogP contribution in [0.25, 0.3) is 0 Å². The van der Waals surface area contributed by atoms with Crippen LogP contribution in [0, 0.1) is 11.9 Å². The third-order valence-electron chi connectivity index (χ3n) is 1.45. The topological polar surface area (TPSA) is 74.6 Å². The molecule has 14 heavy (non-hydrogen) atoms. The van der Waals surface area contributed by atoms with Crippen molar-refractivity contribution in [2.75, 3.05) is 0 Å². The Morgan fingerprint density at radius 1 is 1.36 bits per heavy atom. The highest BCUT2D eigenvalue weighted by atomic mass is 35.5. The summed E-state index contributed by atoms with van der Waals surface area (Å²) in [5.41, 5.74) is -1.70. The van der Waals surface area contributed by atoms with Crippen molar-refractivity contribution in [2.45, 2.75) is 0 Å². The number of hydrogen-bond donors (Lipinski definition) is 2. The highest BCUT2D eigenvalue weighted by Crippen LogP contribution is 2.21. The summed E-state index contributed by atoms with van der Waals surface area (Å²) >= 11 is 5.36. The molecule has 0 unspecified atom stereocenters. The fourth-order valence-electron chi connectivity index (χ4n) is 0.853. The van der Waals surface area contributed by atoms with E-state index in [0.29, 0.717) is 0 Å². The third kappa shape index (κ3) is 1.67. The van der Waals surface area contributed by atoms with Gasteiger partial charge in [-0.05, 0) is 6.07 Å². The zero-order valence-electron chi connectivity index (χ0n) is 6.54. The number of carboxylic acid groups (broad SMARTS) is 2. The van der Waals surface area contributed by atoms with Crippen LogP contribution < -0.4 is 0 Å². The van der Waals surface area contributed by atoms with Crippen molar-refractivity contribution in [1.82, 2.24) is 0 Å². The number of halogens is 2. The second-order valence-electron chi connectivity index (χ2n) is 2.31. The quantitative estimate of drug-likeness (QED) is 0.790. The first-order chi connectivity index (χ1) is 6.45. The van der Waals surface area contributed by atoms with Crippen LogP contribution in [-0.2, 0) is 0 Å².